The highest BCUT2D eigenvalue weighted by Crippen LogP contribution is 2.72. The molecule has 0 aromatic carbocycles. The van der Waals surface area contributed by atoms with Crippen molar-refractivity contribution in [3.63, 3.8) is 0 Å². The van der Waals surface area contributed by atoms with Crippen LogP contribution in [0.4, 0.5) is 0 Å². The summed E-state index contributed by atoms with van der Waals surface area (Å²) in [6.45, 7) is 4.42. The van der Waals surface area contributed by atoms with Crippen molar-refractivity contribution in [2.75, 3.05) is 13.2 Å². The molecule has 0 aromatic rings. The molecule has 162 valence electrons. The highest BCUT2D eigenvalue weighted by atomic mass is 79.9. The molecular weight excluding hydrogens is 436 g/mol. The van der Waals surface area contributed by atoms with Crippen LogP contribution in [-0.4, -0.2) is 46.6 Å². The molecule has 4 saturated carbocycles. The van der Waals surface area contributed by atoms with E-state index in [-0.39, 0.29) is 51.6 Å². The second kappa shape index (κ2) is 6.77. The summed E-state index contributed by atoms with van der Waals surface area (Å²) >= 11 is 4.13. The Morgan fingerprint density at radius 1 is 1.17 bits per heavy atom. The van der Waals surface area contributed by atoms with E-state index in [0.29, 0.717) is 17.8 Å². The lowest BCUT2D eigenvalue weighted by molar-refractivity contribution is -0.150. The Morgan fingerprint density at radius 3 is 2.72 bits per heavy atom. The summed E-state index contributed by atoms with van der Waals surface area (Å²) in [5, 5.41) is 10.4. The maximum absolute atomic E-state index is 12.9. The lowest BCUT2D eigenvalue weighted by Gasteiger charge is -2.62. The number of Topliss-reactive ketones (excluding diaryl/α,β-unsaturated/α-hetero) is 1. The van der Waals surface area contributed by atoms with Gasteiger partial charge in [-0.25, -0.2) is 0 Å². The first-order valence-electron chi connectivity index (χ1n) is 11.4. The Hall–Kier alpha value is -0.460. The average Bonchev–Trinajstić information content (AvgIpc) is 3.08. The molecule has 4 aliphatic carbocycles. The van der Waals surface area contributed by atoms with E-state index in [0.717, 1.165) is 58.0 Å². The summed E-state index contributed by atoms with van der Waals surface area (Å²) in [5.41, 5.74) is 0.135. The Bertz CT molecular complexity index is 726. The largest absolute Gasteiger partial charge is 0.458 e. The minimum atomic E-state index is -0.380. The first-order valence-corrected chi connectivity index (χ1v) is 12.2. The van der Waals surface area contributed by atoms with Crippen LogP contribution in [0.25, 0.3) is 0 Å². The van der Waals surface area contributed by atoms with Gasteiger partial charge in [0.15, 0.2) is 5.78 Å². The van der Waals surface area contributed by atoms with Gasteiger partial charge in [0.2, 0.25) is 0 Å². The highest BCUT2D eigenvalue weighted by Gasteiger charge is 2.72. The number of carbonyl (C=O) groups is 2. The second-order valence-corrected chi connectivity index (χ2v) is 12.2. The number of carbonyl (C=O) groups excluding carboxylic acids is 2. The molecular formula is C23H33BrO5. The zero-order valence-corrected chi connectivity index (χ0v) is 19.1. The molecule has 5 rings (SSSR count). The van der Waals surface area contributed by atoms with Gasteiger partial charge in [-0.05, 0) is 74.5 Å². The van der Waals surface area contributed by atoms with E-state index >= 15 is 0 Å². The Labute approximate surface area is 181 Å². The lowest BCUT2D eigenvalue weighted by Crippen LogP contribution is -2.63. The van der Waals surface area contributed by atoms with Crippen LogP contribution in [0.1, 0.15) is 65.2 Å². The summed E-state index contributed by atoms with van der Waals surface area (Å²) in [6, 6.07) is 0. The number of alkyl halides is 1. The number of ether oxygens (including phenoxy) is 2. The van der Waals surface area contributed by atoms with Crippen molar-refractivity contribution < 1.29 is 24.2 Å². The molecule has 1 heterocycles. The number of aliphatic hydroxyl groups is 1. The van der Waals surface area contributed by atoms with Gasteiger partial charge in [-0.2, -0.15) is 0 Å². The molecule has 0 amide bonds. The molecule has 9 atom stereocenters. The number of aliphatic hydroxyl groups excluding tert-OH is 1. The summed E-state index contributed by atoms with van der Waals surface area (Å²) in [5.74, 6) is 1.47. The van der Waals surface area contributed by atoms with Crippen LogP contribution in [0.3, 0.4) is 0 Å². The number of hydrogen-bond donors (Lipinski definition) is 1. The number of fused-ring (bicyclic) bond motifs is 3. The maximum atomic E-state index is 12.9. The van der Waals surface area contributed by atoms with Crippen LogP contribution in [0.15, 0.2) is 0 Å². The van der Waals surface area contributed by atoms with Gasteiger partial charge < -0.3 is 14.6 Å². The van der Waals surface area contributed by atoms with Crippen molar-refractivity contribution in [2.24, 2.45) is 34.5 Å². The molecule has 6 heteroatoms. The third-order valence-corrected chi connectivity index (χ3v) is 11.4. The van der Waals surface area contributed by atoms with Gasteiger partial charge in [0.05, 0.1) is 23.1 Å². The lowest BCUT2D eigenvalue weighted by atomic mass is 9.44. The molecule has 1 unspecified atom stereocenters. The third kappa shape index (κ3) is 2.70. The topological polar surface area (TPSA) is 72.8 Å². The molecule has 29 heavy (non-hydrogen) atoms. The molecule has 5 nitrogen and oxygen atoms in total. The summed E-state index contributed by atoms with van der Waals surface area (Å²) < 4.78 is 11.4. The van der Waals surface area contributed by atoms with Crippen molar-refractivity contribution in [3.05, 3.63) is 0 Å². The Kier molecular flexibility index (Phi) is 4.77. The molecule has 0 radical (unpaired) electrons. The predicted octanol–water partition coefficient (Wildman–Crippen LogP) is 3.64. The van der Waals surface area contributed by atoms with E-state index in [2.05, 4.69) is 22.9 Å². The van der Waals surface area contributed by atoms with Gasteiger partial charge in [0, 0.05) is 18.3 Å². The quantitative estimate of drug-likeness (QED) is 0.505. The molecule has 5 aliphatic rings. The Balaban J connectivity index is 1.41. The van der Waals surface area contributed by atoms with Crippen LogP contribution in [0.5, 0.6) is 0 Å². The van der Waals surface area contributed by atoms with Gasteiger partial charge in [-0.15, -0.1) is 0 Å². The van der Waals surface area contributed by atoms with Gasteiger partial charge in [-0.3, -0.25) is 9.59 Å². The molecule has 0 aromatic heterocycles. The Morgan fingerprint density at radius 2 is 1.97 bits per heavy atom. The monoisotopic (exact) mass is 468 g/mol. The zero-order valence-electron chi connectivity index (χ0n) is 17.5. The average molecular weight is 469 g/mol. The van der Waals surface area contributed by atoms with Crippen molar-refractivity contribution in [3.8, 4) is 0 Å². The SMILES string of the molecule is CC(=O)OCC(=O)[C@H]1CC[C@H]2[C@@H]3CC4OC[C@@]5(CC[C@H](O)C[C@]45Br)[C@H]3CC[C@]12C. The normalized spacial score (nSPS) is 53.0. The first-order chi connectivity index (χ1) is 13.7. The van der Waals surface area contributed by atoms with Crippen LogP contribution in [-0.2, 0) is 19.1 Å². The highest BCUT2D eigenvalue weighted by molar-refractivity contribution is 9.10. The molecule has 1 saturated heterocycles. The molecule has 1 aliphatic heterocycles. The third-order valence-electron chi connectivity index (χ3n) is 9.78. The van der Waals surface area contributed by atoms with Gasteiger partial charge in [0.25, 0.3) is 0 Å². The van der Waals surface area contributed by atoms with Crippen LogP contribution < -0.4 is 0 Å². The number of hydrogen-bond acceptors (Lipinski definition) is 5. The van der Waals surface area contributed by atoms with Crippen molar-refractivity contribution in [1.29, 1.82) is 0 Å². The fourth-order valence-corrected chi connectivity index (χ4v) is 9.81. The predicted molar refractivity (Wildman–Crippen MR) is 110 cm³/mol. The van der Waals surface area contributed by atoms with E-state index < -0.39 is 0 Å². The van der Waals surface area contributed by atoms with Crippen LogP contribution in [0, 0.1) is 34.5 Å². The zero-order chi connectivity index (χ0) is 20.6. The fourth-order valence-electron chi connectivity index (χ4n) is 8.51. The second-order valence-electron chi connectivity index (χ2n) is 10.7. The minimum Gasteiger partial charge on any atom is -0.458 e. The fraction of sp³-hybridized carbons (Fsp3) is 0.913. The van der Waals surface area contributed by atoms with Gasteiger partial charge in [-0.1, -0.05) is 22.9 Å². The summed E-state index contributed by atoms with van der Waals surface area (Å²) in [6.07, 6.45) is 7.89. The minimum absolute atomic E-state index is 0.00713. The van der Waals surface area contributed by atoms with E-state index in [4.69, 9.17) is 9.47 Å². The molecule has 0 spiro atoms. The van der Waals surface area contributed by atoms with Crippen molar-refractivity contribution >= 4 is 27.7 Å². The number of ketones is 1. The van der Waals surface area contributed by atoms with Crippen LogP contribution >= 0.6 is 15.9 Å². The first kappa shape index (κ1) is 20.4. The molecule has 1 N–H and O–H groups in total. The summed E-state index contributed by atoms with van der Waals surface area (Å²) in [4.78, 5) is 24.1. The standard InChI is InChI=1S/C23H33BrO5/c1-13(25)28-11-19(27)18-4-3-16-15-9-20-23(24)10-14(26)5-8-22(23,12-29-20)17(15)6-7-21(16,18)2/h14-18,20,26H,3-12H2,1-2H3/t14-,15-,16-,17-,18+,20?,21-,22-,23-/m0/s1. The summed E-state index contributed by atoms with van der Waals surface area (Å²) in [7, 11) is 0. The molecule has 5 fully saturated rings. The molecule has 2 bridgehead atoms. The van der Waals surface area contributed by atoms with Crippen molar-refractivity contribution in [2.45, 2.75) is 81.7 Å². The number of esters is 1. The van der Waals surface area contributed by atoms with E-state index in [1.165, 1.54) is 6.92 Å². The van der Waals surface area contributed by atoms with E-state index in [1.807, 2.05) is 0 Å². The smallest absolute Gasteiger partial charge is 0.303 e. The van der Waals surface area contributed by atoms with Crippen molar-refractivity contribution in [1.82, 2.24) is 0 Å². The van der Waals surface area contributed by atoms with Gasteiger partial charge in [0.1, 0.15) is 6.61 Å². The van der Waals surface area contributed by atoms with Gasteiger partial charge >= 0.3 is 5.97 Å². The number of halogens is 1. The van der Waals surface area contributed by atoms with E-state index in [1.54, 1.807) is 0 Å². The van der Waals surface area contributed by atoms with Crippen LogP contribution in [0.2, 0.25) is 0 Å². The number of rotatable bonds is 3. The maximum Gasteiger partial charge on any atom is 0.303 e. The van der Waals surface area contributed by atoms with E-state index in [9.17, 15) is 14.7 Å².